The second-order valence-corrected chi connectivity index (χ2v) is 7.33. The lowest BCUT2D eigenvalue weighted by Crippen LogP contribution is -2.36. The van der Waals surface area contributed by atoms with E-state index in [9.17, 15) is 5.11 Å². The van der Waals surface area contributed by atoms with E-state index in [1.807, 2.05) is 57.1 Å². The molecule has 156 valence electrons. The van der Waals surface area contributed by atoms with E-state index in [4.69, 9.17) is 4.74 Å². The maximum Gasteiger partial charge on any atom is 0.250 e. The number of nitrogens with one attached hydrogen (secondary N) is 1. The molecule has 1 aromatic carbocycles. The summed E-state index contributed by atoms with van der Waals surface area (Å²) in [4.78, 5) is 4.55. The van der Waals surface area contributed by atoms with Crippen molar-refractivity contribution in [3.05, 3.63) is 84.7 Å². The van der Waals surface area contributed by atoms with E-state index in [1.54, 1.807) is 32.8 Å². The molecule has 0 unspecified atom stereocenters. The van der Waals surface area contributed by atoms with Crippen molar-refractivity contribution in [2.24, 2.45) is 14.1 Å². The predicted octanol–water partition coefficient (Wildman–Crippen LogP) is 3.15. The fourth-order valence-corrected chi connectivity index (χ4v) is 3.37. The van der Waals surface area contributed by atoms with Crippen LogP contribution in [-0.4, -0.2) is 29.7 Å². The molecule has 0 bridgehead atoms. The van der Waals surface area contributed by atoms with Crippen molar-refractivity contribution in [2.75, 3.05) is 5.01 Å². The van der Waals surface area contributed by atoms with Crippen molar-refractivity contribution < 1.29 is 9.84 Å². The molecule has 31 heavy (non-hydrogen) atoms. The molecule has 9 nitrogen and oxygen atoms in total. The summed E-state index contributed by atoms with van der Waals surface area (Å²) in [6, 6.07) is 8.06. The van der Waals surface area contributed by atoms with Crippen LogP contribution < -0.4 is 10.4 Å². The first-order valence-electron chi connectivity index (χ1n) is 9.72. The monoisotopic (exact) mass is 415 g/mol. The number of allylic oxidation sites excluding steroid dienone is 1. The molecule has 4 aromatic rings. The van der Waals surface area contributed by atoms with E-state index in [0.29, 0.717) is 0 Å². The van der Waals surface area contributed by atoms with Crippen molar-refractivity contribution in [1.29, 1.82) is 0 Å². The molecule has 4 heterocycles. The van der Waals surface area contributed by atoms with Gasteiger partial charge in [0.15, 0.2) is 5.76 Å². The zero-order valence-electron chi connectivity index (χ0n) is 17.1. The third-order valence-corrected chi connectivity index (χ3v) is 4.97. The first kappa shape index (κ1) is 18.7. The molecule has 0 spiro atoms. The lowest BCUT2D eigenvalue weighted by Gasteiger charge is -2.26. The largest absolute Gasteiger partial charge is 0.503 e. The number of pyridine rings is 1. The molecule has 3 aromatic heterocycles. The van der Waals surface area contributed by atoms with Crippen LogP contribution >= 0.6 is 0 Å². The molecule has 0 atom stereocenters. The average molecular weight is 415 g/mol. The van der Waals surface area contributed by atoms with Crippen LogP contribution in [0.1, 0.15) is 5.56 Å². The number of hydrazine groups is 1. The Labute approximate surface area is 178 Å². The van der Waals surface area contributed by atoms with Gasteiger partial charge in [-0.25, -0.2) is 0 Å². The van der Waals surface area contributed by atoms with Crippen LogP contribution in [0.15, 0.2) is 79.2 Å². The van der Waals surface area contributed by atoms with Gasteiger partial charge in [-0.3, -0.25) is 24.8 Å². The minimum atomic E-state index is 0.0291. The van der Waals surface area contributed by atoms with Gasteiger partial charge in [0.05, 0.1) is 24.1 Å². The van der Waals surface area contributed by atoms with E-state index in [1.165, 1.54) is 0 Å². The standard InChI is InChI=1S/C22H21N7O2/c1-27-12-18(10-24-27)17-8-16-7-15(3-4-20(16)23-9-17)14-31-22-21(30)5-6-29(26-22)19-11-25-28(2)13-19/h3-13,26,30H,14H2,1-2H3. The third kappa shape index (κ3) is 3.80. The second-order valence-electron chi connectivity index (χ2n) is 7.33. The number of anilines is 1. The first-order valence-corrected chi connectivity index (χ1v) is 9.72. The Morgan fingerprint density at radius 1 is 1.00 bits per heavy atom. The summed E-state index contributed by atoms with van der Waals surface area (Å²) >= 11 is 0. The number of rotatable bonds is 5. The molecule has 0 aliphatic carbocycles. The van der Waals surface area contributed by atoms with Crippen LogP contribution in [0.3, 0.4) is 0 Å². The van der Waals surface area contributed by atoms with E-state index >= 15 is 0 Å². The number of aryl methyl sites for hydroxylation is 2. The number of aliphatic hydroxyl groups is 1. The zero-order chi connectivity index (χ0) is 21.4. The zero-order valence-corrected chi connectivity index (χ0v) is 17.1. The summed E-state index contributed by atoms with van der Waals surface area (Å²) in [6.07, 6.45) is 12.5. The van der Waals surface area contributed by atoms with Crippen LogP contribution in [0.5, 0.6) is 0 Å². The average Bonchev–Trinajstić information content (AvgIpc) is 3.41. The summed E-state index contributed by atoms with van der Waals surface area (Å²) in [5.41, 5.74) is 7.76. The van der Waals surface area contributed by atoms with Gasteiger partial charge in [-0.15, -0.1) is 0 Å². The number of fused-ring (bicyclic) bond motifs is 1. The van der Waals surface area contributed by atoms with E-state index < -0.39 is 0 Å². The van der Waals surface area contributed by atoms with Gasteiger partial charge in [0.25, 0.3) is 0 Å². The van der Waals surface area contributed by atoms with Crippen LogP contribution in [0.25, 0.3) is 22.0 Å². The summed E-state index contributed by atoms with van der Waals surface area (Å²) in [7, 11) is 3.73. The minimum Gasteiger partial charge on any atom is -0.503 e. The summed E-state index contributed by atoms with van der Waals surface area (Å²) in [5, 5.41) is 21.3. The highest BCUT2D eigenvalue weighted by Gasteiger charge is 2.16. The van der Waals surface area contributed by atoms with Gasteiger partial charge in [0, 0.05) is 55.3 Å². The molecule has 1 aliphatic rings. The van der Waals surface area contributed by atoms with Gasteiger partial charge in [0.1, 0.15) is 12.3 Å². The Balaban J connectivity index is 1.33. The van der Waals surface area contributed by atoms with Gasteiger partial charge >= 0.3 is 0 Å². The molecule has 1 aliphatic heterocycles. The Hall–Kier alpha value is -4.27. The number of nitrogens with zero attached hydrogens (tertiary/aromatic N) is 6. The third-order valence-electron chi connectivity index (χ3n) is 4.97. The summed E-state index contributed by atoms with van der Waals surface area (Å²) in [5.74, 6) is 0.301. The van der Waals surface area contributed by atoms with E-state index in [-0.39, 0.29) is 18.2 Å². The lowest BCUT2D eigenvalue weighted by molar-refractivity contribution is 0.158. The number of hydrogen-bond donors (Lipinski definition) is 2. The molecule has 0 saturated carbocycles. The highest BCUT2D eigenvalue weighted by atomic mass is 16.5. The number of hydrogen-bond acceptors (Lipinski definition) is 7. The Bertz CT molecular complexity index is 1320. The fourth-order valence-electron chi connectivity index (χ4n) is 3.37. The second kappa shape index (κ2) is 7.52. The molecule has 0 amide bonds. The van der Waals surface area contributed by atoms with E-state index in [2.05, 4.69) is 26.7 Å². The van der Waals surface area contributed by atoms with Crippen LogP contribution in [0.2, 0.25) is 0 Å². The molecular weight excluding hydrogens is 394 g/mol. The number of aromatic nitrogens is 5. The van der Waals surface area contributed by atoms with Crippen molar-refractivity contribution >= 4 is 16.6 Å². The van der Waals surface area contributed by atoms with Crippen molar-refractivity contribution in [2.45, 2.75) is 6.61 Å². The maximum atomic E-state index is 10.2. The Morgan fingerprint density at radius 3 is 2.61 bits per heavy atom. The van der Waals surface area contributed by atoms with Crippen molar-refractivity contribution in [3.63, 3.8) is 0 Å². The lowest BCUT2D eigenvalue weighted by atomic mass is 10.1. The van der Waals surface area contributed by atoms with Crippen molar-refractivity contribution in [3.8, 4) is 11.1 Å². The molecule has 0 fully saturated rings. The highest BCUT2D eigenvalue weighted by molar-refractivity contribution is 5.83. The highest BCUT2D eigenvalue weighted by Crippen LogP contribution is 2.24. The Morgan fingerprint density at radius 2 is 1.84 bits per heavy atom. The number of benzene rings is 1. The summed E-state index contributed by atoms with van der Waals surface area (Å²) < 4.78 is 9.34. The topological polar surface area (TPSA) is 93.3 Å². The smallest absolute Gasteiger partial charge is 0.250 e. The molecule has 0 saturated heterocycles. The van der Waals surface area contributed by atoms with E-state index in [0.717, 1.165) is 33.3 Å². The SMILES string of the molecule is Cn1cc(-c2cnc3ccc(COC4=C(O)C=CN(c5cnn(C)c5)N4)cc3c2)cn1. The molecular formula is C22H21N7O2. The molecule has 5 rings (SSSR count). The van der Waals surface area contributed by atoms with Gasteiger partial charge in [-0.05, 0) is 23.8 Å². The van der Waals surface area contributed by atoms with Crippen LogP contribution in [0, 0.1) is 0 Å². The Kier molecular flexibility index (Phi) is 4.55. The number of aliphatic hydroxyl groups excluding tert-OH is 1. The van der Waals surface area contributed by atoms with Gasteiger partial charge in [-0.2, -0.15) is 10.2 Å². The van der Waals surface area contributed by atoms with Crippen LogP contribution in [-0.2, 0) is 25.4 Å². The van der Waals surface area contributed by atoms with Gasteiger partial charge < -0.3 is 9.84 Å². The normalized spacial score (nSPS) is 13.7. The quantitative estimate of drug-likeness (QED) is 0.517. The molecule has 9 heteroatoms. The first-order chi connectivity index (χ1) is 15.0. The summed E-state index contributed by atoms with van der Waals surface area (Å²) in [6.45, 7) is 0.286. The molecule has 0 radical (unpaired) electrons. The van der Waals surface area contributed by atoms with Gasteiger partial charge in [-0.1, -0.05) is 6.07 Å². The van der Waals surface area contributed by atoms with Gasteiger partial charge in [0.2, 0.25) is 5.88 Å². The maximum absolute atomic E-state index is 10.2. The number of ether oxygens (including phenoxy) is 1. The van der Waals surface area contributed by atoms with Crippen LogP contribution in [0.4, 0.5) is 5.69 Å². The molecule has 2 N–H and O–H groups in total. The fraction of sp³-hybridized carbons (Fsp3) is 0.136. The predicted molar refractivity (Wildman–Crippen MR) is 116 cm³/mol. The minimum absolute atomic E-state index is 0.0291. The van der Waals surface area contributed by atoms with Crippen molar-refractivity contribution in [1.82, 2.24) is 30.0 Å².